The van der Waals surface area contributed by atoms with Crippen LogP contribution < -0.4 is 5.32 Å². The fourth-order valence-corrected chi connectivity index (χ4v) is 4.77. The van der Waals surface area contributed by atoms with Gasteiger partial charge in [0.2, 0.25) is 5.82 Å². The predicted molar refractivity (Wildman–Crippen MR) is 129 cm³/mol. The largest absolute Gasteiger partial charge is 0.341 e. The summed E-state index contributed by atoms with van der Waals surface area (Å²) in [6, 6.07) is 3.49. The van der Waals surface area contributed by atoms with Gasteiger partial charge < -0.3 is 5.32 Å². The van der Waals surface area contributed by atoms with E-state index in [1.807, 2.05) is 0 Å². The molecule has 1 aliphatic rings. The van der Waals surface area contributed by atoms with Crippen molar-refractivity contribution in [2.75, 3.05) is 0 Å². The zero-order valence-electron chi connectivity index (χ0n) is 19.6. The Balaban J connectivity index is 1.50. The van der Waals surface area contributed by atoms with Crippen molar-refractivity contribution in [1.29, 1.82) is 0 Å². The monoisotopic (exact) mass is 521 g/mol. The molecule has 0 unspecified atom stereocenters. The molecule has 35 heavy (non-hydrogen) atoms. The van der Waals surface area contributed by atoms with Crippen molar-refractivity contribution in [2.24, 2.45) is 12.5 Å². The van der Waals surface area contributed by atoms with E-state index in [9.17, 15) is 14.4 Å². The highest BCUT2D eigenvalue weighted by atomic mass is 35.5. The summed E-state index contributed by atoms with van der Waals surface area (Å²) < 4.78 is 15.0. The molecule has 0 saturated heterocycles. The average Bonchev–Trinajstić information content (AvgIpc) is 3.22. The first-order chi connectivity index (χ1) is 16.5. The summed E-state index contributed by atoms with van der Waals surface area (Å²) in [5, 5.41) is 26.2. The number of carbonyl (C=O) groups excluding carboxylic acids is 1. The number of hydroxylamine groups is 2. The highest BCUT2D eigenvalue weighted by Crippen LogP contribution is 2.39. The van der Waals surface area contributed by atoms with Crippen LogP contribution in [0.2, 0.25) is 10.0 Å². The number of amides is 2. The number of carbonyl (C=O) groups is 1. The molecule has 12 heteroatoms. The van der Waals surface area contributed by atoms with E-state index in [1.165, 1.54) is 17.1 Å². The lowest BCUT2D eigenvalue weighted by Gasteiger charge is -2.37. The van der Waals surface area contributed by atoms with E-state index in [0.717, 1.165) is 17.9 Å². The molecule has 4 rings (SSSR count). The van der Waals surface area contributed by atoms with Crippen LogP contribution in [0.4, 0.5) is 9.18 Å². The number of tetrazole rings is 1. The van der Waals surface area contributed by atoms with Crippen LogP contribution in [0.15, 0.2) is 24.4 Å². The lowest BCUT2D eigenvalue weighted by atomic mass is 9.75. The number of aryl methyl sites for hydroxylation is 1. The van der Waals surface area contributed by atoms with E-state index in [1.54, 1.807) is 19.2 Å². The number of urea groups is 1. The number of nitrogens with zero attached hydrogens (tertiary/aromatic N) is 6. The van der Waals surface area contributed by atoms with Crippen molar-refractivity contribution in [3.8, 4) is 22.5 Å². The number of hydrogen-bond donors (Lipinski definition) is 2. The number of rotatable bonds is 5. The smallest absolute Gasteiger partial charge is 0.330 e. The molecule has 0 atom stereocenters. The van der Waals surface area contributed by atoms with Gasteiger partial charge in [-0.2, -0.15) is 4.80 Å². The second-order valence-electron chi connectivity index (χ2n) is 9.46. The van der Waals surface area contributed by atoms with Gasteiger partial charge >= 0.3 is 6.03 Å². The Morgan fingerprint density at radius 1 is 1.29 bits per heavy atom. The average molecular weight is 522 g/mol. The van der Waals surface area contributed by atoms with Crippen molar-refractivity contribution < 1.29 is 14.4 Å². The Hall–Kier alpha value is -2.82. The lowest BCUT2D eigenvalue weighted by Crippen LogP contribution is -2.46. The van der Waals surface area contributed by atoms with Crippen molar-refractivity contribution in [3.05, 3.63) is 46.0 Å². The zero-order valence-corrected chi connectivity index (χ0v) is 21.1. The molecule has 1 aliphatic carbocycles. The van der Waals surface area contributed by atoms with Crippen LogP contribution in [0, 0.1) is 11.2 Å². The third kappa shape index (κ3) is 5.71. The van der Waals surface area contributed by atoms with Gasteiger partial charge in [-0.1, -0.05) is 37.0 Å². The summed E-state index contributed by atoms with van der Waals surface area (Å²) in [5.74, 6) is -0.379. The van der Waals surface area contributed by atoms with E-state index < -0.39 is 11.8 Å². The number of hydrogen-bond acceptors (Lipinski definition) is 6. The van der Waals surface area contributed by atoms with Gasteiger partial charge in [0.25, 0.3) is 0 Å². The minimum Gasteiger partial charge on any atom is -0.330 e. The van der Waals surface area contributed by atoms with Gasteiger partial charge in [0.15, 0.2) is 0 Å². The van der Waals surface area contributed by atoms with Gasteiger partial charge in [-0.15, -0.1) is 10.2 Å². The molecule has 1 aromatic carbocycles. The Bertz CT molecular complexity index is 1240. The second-order valence-corrected chi connectivity index (χ2v) is 10.3. The number of benzene rings is 1. The van der Waals surface area contributed by atoms with Gasteiger partial charge in [0.05, 0.1) is 30.4 Å². The maximum atomic E-state index is 15.0. The molecular weight excluding hydrogens is 496 g/mol. The van der Waals surface area contributed by atoms with Crippen molar-refractivity contribution in [3.63, 3.8) is 0 Å². The number of aromatic nitrogens is 5. The fourth-order valence-electron chi connectivity index (χ4n) is 4.19. The topological polar surface area (TPSA) is 109 Å². The molecule has 9 nitrogen and oxygen atoms in total. The molecule has 1 saturated carbocycles. The Morgan fingerprint density at radius 3 is 2.63 bits per heavy atom. The van der Waals surface area contributed by atoms with Crippen LogP contribution in [0.3, 0.4) is 0 Å². The standard InChI is InChI=1S/C23H26Cl2FN7O2/c1-23(2)6-4-15(5-7-23)33(35)22(34)28-12-19-18(26)8-13(11-27-19)16-9-14(24)10-17(25)20(16)21-29-31-32(3)30-21/h8-11,15,35H,4-7,12H2,1-3H3,(H,28,34). The van der Waals surface area contributed by atoms with Gasteiger partial charge in [0.1, 0.15) is 5.82 Å². The van der Waals surface area contributed by atoms with Crippen LogP contribution >= 0.6 is 23.2 Å². The molecule has 0 aliphatic heterocycles. The van der Waals surface area contributed by atoms with Gasteiger partial charge in [0, 0.05) is 22.3 Å². The fraction of sp³-hybridized carbons (Fsp3) is 0.435. The van der Waals surface area contributed by atoms with Crippen LogP contribution in [0.5, 0.6) is 0 Å². The molecule has 2 aromatic heterocycles. The second kappa shape index (κ2) is 10.0. The maximum absolute atomic E-state index is 15.0. The predicted octanol–water partition coefficient (Wildman–Crippen LogP) is 5.25. The summed E-state index contributed by atoms with van der Waals surface area (Å²) in [4.78, 5) is 17.9. The van der Waals surface area contributed by atoms with Crippen LogP contribution in [0.25, 0.3) is 22.5 Å². The highest BCUT2D eigenvalue weighted by molar-refractivity contribution is 6.37. The highest BCUT2D eigenvalue weighted by Gasteiger charge is 2.32. The number of nitrogens with one attached hydrogen (secondary N) is 1. The third-order valence-corrected chi connectivity index (χ3v) is 6.80. The first kappa shape index (κ1) is 25.3. The van der Waals surface area contributed by atoms with E-state index in [0.29, 0.717) is 34.6 Å². The van der Waals surface area contributed by atoms with E-state index in [2.05, 4.69) is 39.6 Å². The number of halogens is 3. The Kier molecular flexibility index (Phi) is 7.25. The summed E-state index contributed by atoms with van der Waals surface area (Å²) in [7, 11) is 1.62. The summed E-state index contributed by atoms with van der Waals surface area (Å²) >= 11 is 12.6. The molecule has 0 radical (unpaired) electrons. The number of pyridine rings is 1. The molecule has 2 heterocycles. The molecule has 2 amide bonds. The molecule has 0 bridgehead atoms. The normalized spacial score (nSPS) is 15.7. The molecular formula is C23H26Cl2FN7O2. The van der Waals surface area contributed by atoms with Crippen molar-refractivity contribution >= 4 is 29.2 Å². The summed E-state index contributed by atoms with van der Waals surface area (Å²) in [6.45, 7) is 4.16. The van der Waals surface area contributed by atoms with Crippen LogP contribution in [-0.2, 0) is 13.6 Å². The van der Waals surface area contributed by atoms with Gasteiger partial charge in [-0.3, -0.25) is 10.2 Å². The van der Waals surface area contributed by atoms with Gasteiger partial charge in [-0.25, -0.2) is 14.2 Å². The molecule has 0 spiro atoms. The minimum atomic E-state index is -0.683. The van der Waals surface area contributed by atoms with E-state index in [4.69, 9.17) is 23.2 Å². The lowest BCUT2D eigenvalue weighted by molar-refractivity contribution is -0.0943. The van der Waals surface area contributed by atoms with Crippen molar-refractivity contribution in [1.82, 2.24) is 35.6 Å². The molecule has 3 aromatic rings. The molecule has 1 fully saturated rings. The van der Waals surface area contributed by atoms with E-state index in [-0.39, 0.29) is 34.5 Å². The summed E-state index contributed by atoms with van der Waals surface area (Å²) in [5.41, 5.74) is 1.56. The molecule has 186 valence electrons. The van der Waals surface area contributed by atoms with Crippen LogP contribution in [0.1, 0.15) is 45.2 Å². The summed E-state index contributed by atoms with van der Waals surface area (Å²) in [6.07, 6.45) is 4.71. The van der Waals surface area contributed by atoms with Crippen LogP contribution in [-0.4, -0.2) is 47.5 Å². The molecule has 2 N–H and O–H groups in total. The zero-order chi connectivity index (χ0) is 25.3. The van der Waals surface area contributed by atoms with Gasteiger partial charge in [-0.05, 0) is 60.1 Å². The van der Waals surface area contributed by atoms with E-state index >= 15 is 0 Å². The quantitative estimate of drug-likeness (QED) is 0.350. The SMILES string of the molecule is Cn1nnc(-c2c(Cl)cc(Cl)cc2-c2cnc(CNC(=O)N(O)C3CCC(C)(C)CC3)c(F)c2)n1. The van der Waals surface area contributed by atoms with Crippen molar-refractivity contribution in [2.45, 2.75) is 52.1 Å². The first-order valence-electron chi connectivity index (χ1n) is 11.2. The Labute approximate surface area is 212 Å². The first-order valence-corrected chi connectivity index (χ1v) is 11.9. The third-order valence-electron chi connectivity index (χ3n) is 6.29. The minimum absolute atomic E-state index is 0.0209. The maximum Gasteiger partial charge on any atom is 0.341 e. The Morgan fingerprint density at radius 2 is 2.00 bits per heavy atom.